The fraction of sp³-hybridized carbons (Fsp3) is 0.480. The van der Waals surface area contributed by atoms with Crippen LogP contribution in [0, 0.1) is 6.92 Å². The number of morpholine rings is 1. The number of carbonyl (C=O) groups excluding carboxylic acids is 2. The second kappa shape index (κ2) is 13.0. The SMILES string of the molecule is Cc1[nH]c(C(=O)Nc2ccc(CCN3CCOCC3)cc2C2=CCCCC2)nc1Cl.O=CC(F)(F)F. The van der Waals surface area contributed by atoms with Crippen molar-refractivity contribution >= 4 is 35.1 Å². The molecule has 4 rings (SSSR count). The lowest BCUT2D eigenvalue weighted by Crippen LogP contribution is -2.37. The number of H-pyrrole nitrogens is 1. The van der Waals surface area contributed by atoms with Crippen LogP contribution in [0.5, 0.6) is 0 Å². The smallest absolute Gasteiger partial charge is 0.379 e. The molecule has 1 aliphatic heterocycles. The number of benzene rings is 1. The Hall–Kier alpha value is -2.69. The van der Waals surface area contributed by atoms with Gasteiger partial charge < -0.3 is 15.0 Å². The Morgan fingerprint density at radius 2 is 2.00 bits per heavy atom. The largest absolute Gasteiger partial charge is 0.446 e. The second-order valence-corrected chi connectivity index (χ2v) is 9.03. The molecule has 11 heteroatoms. The summed E-state index contributed by atoms with van der Waals surface area (Å²) in [6.45, 7) is 6.46. The minimum absolute atomic E-state index is 0.234. The lowest BCUT2D eigenvalue weighted by molar-refractivity contribution is -0.156. The molecule has 1 aliphatic carbocycles. The molecule has 0 spiro atoms. The van der Waals surface area contributed by atoms with Crippen LogP contribution in [-0.4, -0.2) is 66.1 Å². The molecule has 2 N–H and O–H groups in total. The second-order valence-electron chi connectivity index (χ2n) is 8.67. The van der Waals surface area contributed by atoms with E-state index in [1.165, 1.54) is 24.0 Å². The molecular formula is C25H30ClF3N4O3. The van der Waals surface area contributed by atoms with E-state index in [1.54, 1.807) is 6.92 Å². The molecule has 1 aromatic heterocycles. The highest BCUT2D eigenvalue weighted by Crippen LogP contribution is 2.33. The molecule has 36 heavy (non-hydrogen) atoms. The summed E-state index contributed by atoms with van der Waals surface area (Å²) in [5.41, 5.74) is 5.25. The van der Waals surface area contributed by atoms with Gasteiger partial charge in [0.25, 0.3) is 5.91 Å². The van der Waals surface area contributed by atoms with Crippen LogP contribution in [0.4, 0.5) is 18.9 Å². The molecule has 2 aromatic rings. The highest BCUT2D eigenvalue weighted by atomic mass is 35.5. The van der Waals surface area contributed by atoms with Crippen LogP contribution in [0.15, 0.2) is 24.3 Å². The molecule has 1 amide bonds. The molecule has 0 unspecified atom stereocenters. The van der Waals surface area contributed by atoms with Crippen LogP contribution in [-0.2, 0) is 16.0 Å². The van der Waals surface area contributed by atoms with Gasteiger partial charge >= 0.3 is 6.18 Å². The summed E-state index contributed by atoms with van der Waals surface area (Å²) in [6.07, 6.45) is 2.15. The maximum absolute atomic E-state index is 12.7. The molecule has 2 aliphatic rings. The van der Waals surface area contributed by atoms with Crippen LogP contribution in [0.2, 0.25) is 5.15 Å². The van der Waals surface area contributed by atoms with E-state index >= 15 is 0 Å². The lowest BCUT2D eigenvalue weighted by atomic mass is 9.91. The molecule has 0 atom stereocenters. The first-order valence-corrected chi connectivity index (χ1v) is 12.2. The Balaban J connectivity index is 0.000000538. The zero-order valence-electron chi connectivity index (χ0n) is 20.1. The van der Waals surface area contributed by atoms with Gasteiger partial charge in [0.15, 0.2) is 11.0 Å². The van der Waals surface area contributed by atoms with Gasteiger partial charge in [-0.1, -0.05) is 23.7 Å². The molecule has 1 saturated heterocycles. The van der Waals surface area contributed by atoms with Crippen molar-refractivity contribution in [2.45, 2.75) is 45.2 Å². The van der Waals surface area contributed by atoms with Gasteiger partial charge in [-0.2, -0.15) is 13.2 Å². The monoisotopic (exact) mass is 526 g/mol. The van der Waals surface area contributed by atoms with Crippen LogP contribution < -0.4 is 5.32 Å². The highest BCUT2D eigenvalue weighted by Gasteiger charge is 2.25. The minimum Gasteiger partial charge on any atom is -0.379 e. The predicted octanol–water partition coefficient (Wildman–Crippen LogP) is 5.20. The van der Waals surface area contributed by atoms with Crippen LogP contribution in [0.3, 0.4) is 0 Å². The number of aldehydes is 1. The van der Waals surface area contributed by atoms with E-state index in [2.05, 4.69) is 38.4 Å². The highest BCUT2D eigenvalue weighted by molar-refractivity contribution is 6.30. The number of halogens is 4. The van der Waals surface area contributed by atoms with Crippen molar-refractivity contribution in [3.63, 3.8) is 0 Å². The first-order chi connectivity index (χ1) is 17.2. The van der Waals surface area contributed by atoms with Gasteiger partial charge in [-0.3, -0.25) is 14.5 Å². The number of hydrogen-bond acceptors (Lipinski definition) is 5. The molecule has 7 nitrogen and oxygen atoms in total. The standard InChI is InChI=1S/C23H29ClN4O2.C2HF3O/c1-16-21(24)27-22(25-16)23(29)26-20-8-7-17(9-10-28-11-13-30-14-12-28)15-19(20)18-5-3-2-4-6-18;3-2(4,5)1-6/h5,7-8,15H,2-4,6,9-14H2,1H3,(H,25,27)(H,26,29);1H. The molecule has 0 radical (unpaired) electrons. The van der Waals surface area contributed by atoms with E-state index < -0.39 is 12.5 Å². The van der Waals surface area contributed by atoms with E-state index in [0.717, 1.165) is 63.4 Å². The number of ether oxygens (including phenoxy) is 1. The van der Waals surface area contributed by atoms with Crippen LogP contribution >= 0.6 is 11.6 Å². The quantitative estimate of drug-likeness (QED) is 0.505. The Labute approximate surface area is 213 Å². The number of alkyl halides is 3. The average molecular weight is 527 g/mol. The number of rotatable bonds is 6. The number of carbonyl (C=O) groups is 2. The summed E-state index contributed by atoms with van der Waals surface area (Å²) in [5.74, 6) is -0.0406. The van der Waals surface area contributed by atoms with Crippen molar-refractivity contribution in [3.8, 4) is 0 Å². The van der Waals surface area contributed by atoms with Gasteiger partial charge in [0, 0.05) is 30.9 Å². The van der Waals surface area contributed by atoms with Crippen molar-refractivity contribution in [3.05, 3.63) is 52.1 Å². The molecule has 2 heterocycles. The third kappa shape index (κ3) is 8.46. The minimum atomic E-state index is -4.64. The van der Waals surface area contributed by atoms with E-state index in [9.17, 15) is 18.0 Å². The molecule has 1 fully saturated rings. The zero-order valence-corrected chi connectivity index (χ0v) is 20.8. The number of hydrogen-bond donors (Lipinski definition) is 2. The Kier molecular flexibility index (Phi) is 10.1. The average Bonchev–Trinajstić information content (AvgIpc) is 3.22. The predicted molar refractivity (Wildman–Crippen MR) is 132 cm³/mol. The third-order valence-corrected chi connectivity index (χ3v) is 6.33. The number of aryl methyl sites for hydroxylation is 1. The topological polar surface area (TPSA) is 87.3 Å². The van der Waals surface area contributed by atoms with Gasteiger partial charge in [-0.15, -0.1) is 0 Å². The molecule has 1 aromatic carbocycles. The van der Waals surface area contributed by atoms with Crippen molar-refractivity contribution in [2.24, 2.45) is 0 Å². The number of amides is 1. The third-order valence-electron chi connectivity index (χ3n) is 5.96. The zero-order chi connectivity index (χ0) is 26.1. The van der Waals surface area contributed by atoms with E-state index in [1.807, 2.05) is 6.07 Å². The molecule has 0 saturated carbocycles. The Morgan fingerprint density at radius 3 is 2.58 bits per heavy atom. The number of anilines is 1. The number of imidazole rings is 1. The van der Waals surface area contributed by atoms with E-state index in [-0.39, 0.29) is 11.7 Å². The number of allylic oxidation sites excluding steroid dienone is 2. The lowest BCUT2D eigenvalue weighted by Gasteiger charge is -2.26. The fourth-order valence-electron chi connectivity index (χ4n) is 4.04. The summed E-state index contributed by atoms with van der Waals surface area (Å²) in [5, 5.41) is 3.37. The maximum atomic E-state index is 12.7. The number of nitrogens with one attached hydrogen (secondary N) is 2. The fourth-order valence-corrected chi connectivity index (χ4v) is 4.18. The Morgan fingerprint density at radius 1 is 1.28 bits per heavy atom. The van der Waals surface area contributed by atoms with Gasteiger partial charge in [-0.05, 0) is 62.3 Å². The summed E-state index contributed by atoms with van der Waals surface area (Å²) in [6, 6.07) is 6.38. The van der Waals surface area contributed by atoms with E-state index in [0.29, 0.717) is 10.8 Å². The summed E-state index contributed by atoms with van der Waals surface area (Å²) in [7, 11) is 0. The van der Waals surface area contributed by atoms with E-state index in [4.69, 9.17) is 21.1 Å². The van der Waals surface area contributed by atoms with Crippen molar-refractivity contribution in [1.29, 1.82) is 0 Å². The number of nitrogens with zero attached hydrogens (tertiary/aromatic N) is 2. The van der Waals surface area contributed by atoms with Gasteiger partial charge in [0.05, 0.1) is 18.9 Å². The molecule has 196 valence electrons. The normalized spacial score (nSPS) is 16.5. The summed E-state index contributed by atoms with van der Waals surface area (Å²) >= 11 is 6.01. The van der Waals surface area contributed by atoms with Crippen LogP contribution in [0.25, 0.3) is 5.57 Å². The van der Waals surface area contributed by atoms with Gasteiger partial charge in [0.2, 0.25) is 6.29 Å². The first kappa shape index (κ1) is 27.9. The molecule has 0 bridgehead atoms. The maximum Gasteiger partial charge on any atom is 0.446 e. The van der Waals surface area contributed by atoms with Crippen molar-refractivity contribution < 1.29 is 27.5 Å². The van der Waals surface area contributed by atoms with Crippen LogP contribution in [0.1, 0.15) is 53.1 Å². The first-order valence-electron chi connectivity index (χ1n) is 11.8. The van der Waals surface area contributed by atoms with Gasteiger partial charge in [-0.25, -0.2) is 4.98 Å². The van der Waals surface area contributed by atoms with Gasteiger partial charge in [0.1, 0.15) is 0 Å². The molecular weight excluding hydrogens is 497 g/mol. The van der Waals surface area contributed by atoms with Crippen molar-refractivity contribution in [2.75, 3.05) is 38.2 Å². The summed E-state index contributed by atoms with van der Waals surface area (Å²) < 4.78 is 36.7. The summed E-state index contributed by atoms with van der Waals surface area (Å²) in [4.78, 5) is 30.9. The number of aromatic nitrogens is 2. The van der Waals surface area contributed by atoms with Crippen molar-refractivity contribution in [1.82, 2.24) is 14.9 Å². The Bertz CT molecular complexity index is 1060. The number of aromatic amines is 1.